The zero-order valence-corrected chi connectivity index (χ0v) is 11.5. The molecule has 1 aromatic heterocycles. The Balaban J connectivity index is 1.74. The Morgan fingerprint density at radius 3 is 2.67 bits per heavy atom. The predicted molar refractivity (Wildman–Crippen MR) is 77.1 cm³/mol. The number of halogens is 1. The predicted octanol–water partition coefficient (Wildman–Crippen LogP) is 1.82. The molecule has 2 N–H and O–H groups in total. The molecule has 0 spiro atoms. The fourth-order valence-corrected chi connectivity index (χ4v) is 1.96. The summed E-state index contributed by atoms with van der Waals surface area (Å²) in [5.74, 6) is 0.0789. The first-order valence-corrected chi connectivity index (χ1v) is 6.51. The number of guanidine groups is 1. The van der Waals surface area contributed by atoms with Gasteiger partial charge in [0.15, 0.2) is 5.76 Å². The lowest BCUT2D eigenvalue weighted by Crippen LogP contribution is -2.39. The minimum Gasteiger partial charge on any atom is -0.451 e. The second-order valence-corrected chi connectivity index (χ2v) is 4.77. The van der Waals surface area contributed by atoms with E-state index in [9.17, 15) is 9.59 Å². The molecule has 2 amide bonds. The average molecular weight is 304 g/mol. The molecule has 0 aliphatic carbocycles. The van der Waals surface area contributed by atoms with Crippen molar-refractivity contribution in [3.8, 4) is 11.3 Å². The molecule has 1 aliphatic rings. The highest BCUT2D eigenvalue weighted by atomic mass is 35.5. The first kappa shape index (κ1) is 13.4. The Morgan fingerprint density at radius 2 is 2.00 bits per heavy atom. The third-order valence-corrected chi connectivity index (χ3v) is 3.08. The van der Waals surface area contributed by atoms with Crippen LogP contribution in [-0.2, 0) is 4.79 Å². The molecule has 6 nitrogen and oxygen atoms in total. The standard InChI is InChI=1S/C14H10ClN3O3/c15-9-3-1-8(2-4-9)10-5-6-11(21-10)13(20)18-14-16-7-12(19)17-14/h1-6H,7H2,(H2,16,17,18,19,20). The number of nitrogens with zero attached hydrogens (tertiary/aromatic N) is 1. The molecular weight excluding hydrogens is 294 g/mol. The van der Waals surface area contributed by atoms with E-state index < -0.39 is 5.91 Å². The number of amides is 2. The first-order chi connectivity index (χ1) is 10.1. The van der Waals surface area contributed by atoms with Gasteiger partial charge in [0.1, 0.15) is 12.3 Å². The third kappa shape index (κ3) is 2.95. The Hall–Kier alpha value is -2.60. The lowest BCUT2D eigenvalue weighted by molar-refractivity contribution is -0.117. The van der Waals surface area contributed by atoms with Gasteiger partial charge in [-0.15, -0.1) is 0 Å². The van der Waals surface area contributed by atoms with Crippen LogP contribution in [0.25, 0.3) is 11.3 Å². The van der Waals surface area contributed by atoms with Gasteiger partial charge in [0, 0.05) is 10.6 Å². The largest absolute Gasteiger partial charge is 0.451 e. The van der Waals surface area contributed by atoms with Crippen LogP contribution in [0.3, 0.4) is 0 Å². The molecule has 7 heteroatoms. The molecule has 3 rings (SSSR count). The summed E-state index contributed by atoms with van der Waals surface area (Å²) in [6, 6.07) is 10.3. The fourth-order valence-electron chi connectivity index (χ4n) is 1.83. The molecular formula is C14H10ClN3O3. The summed E-state index contributed by atoms with van der Waals surface area (Å²) < 4.78 is 5.49. The van der Waals surface area contributed by atoms with Gasteiger partial charge in [-0.25, -0.2) is 4.99 Å². The smallest absolute Gasteiger partial charge is 0.293 e. The molecule has 0 unspecified atom stereocenters. The highest BCUT2D eigenvalue weighted by Gasteiger charge is 2.18. The maximum atomic E-state index is 11.9. The van der Waals surface area contributed by atoms with Crippen molar-refractivity contribution < 1.29 is 14.0 Å². The molecule has 2 heterocycles. The van der Waals surface area contributed by atoms with E-state index in [4.69, 9.17) is 16.0 Å². The summed E-state index contributed by atoms with van der Waals surface area (Å²) in [5.41, 5.74) is 0.810. The number of aliphatic imine (C=N–C) groups is 1. The van der Waals surface area contributed by atoms with Crippen LogP contribution in [0.4, 0.5) is 0 Å². The topological polar surface area (TPSA) is 83.7 Å². The van der Waals surface area contributed by atoms with Crippen LogP contribution in [0.2, 0.25) is 5.02 Å². The highest BCUT2D eigenvalue weighted by molar-refractivity contribution is 6.30. The van der Waals surface area contributed by atoms with Crippen molar-refractivity contribution in [2.75, 3.05) is 6.54 Å². The highest BCUT2D eigenvalue weighted by Crippen LogP contribution is 2.23. The van der Waals surface area contributed by atoms with E-state index in [0.717, 1.165) is 5.56 Å². The maximum absolute atomic E-state index is 11.9. The molecule has 0 saturated carbocycles. The van der Waals surface area contributed by atoms with Crippen molar-refractivity contribution in [2.24, 2.45) is 4.99 Å². The van der Waals surface area contributed by atoms with Gasteiger partial charge in [-0.2, -0.15) is 0 Å². The second kappa shape index (κ2) is 5.41. The van der Waals surface area contributed by atoms with Gasteiger partial charge in [0.2, 0.25) is 11.9 Å². The van der Waals surface area contributed by atoms with Gasteiger partial charge in [-0.05, 0) is 36.4 Å². The monoisotopic (exact) mass is 303 g/mol. The number of hydrogen-bond acceptors (Lipinski definition) is 4. The van der Waals surface area contributed by atoms with Crippen molar-refractivity contribution in [1.29, 1.82) is 0 Å². The molecule has 1 aliphatic heterocycles. The Labute approximate surface area is 124 Å². The number of nitrogens with one attached hydrogen (secondary N) is 2. The lowest BCUT2D eigenvalue weighted by atomic mass is 10.2. The van der Waals surface area contributed by atoms with Crippen molar-refractivity contribution in [2.45, 2.75) is 0 Å². The lowest BCUT2D eigenvalue weighted by Gasteiger charge is -2.02. The number of hydrogen-bond donors (Lipinski definition) is 2. The Kier molecular flexibility index (Phi) is 3.45. The molecule has 0 saturated heterocycles. The van der Waals surface area contributed by atoms with E-state index in [1.54, 1.807) is 36.4 Å². The second-order valence-electron chi connectivity index (χ2n) is 4.34. The maximum Gasteiger partial charge on any atom is 0.293 e. The molecule has 0 radical (unpaired) electrons. The van der Waals surface area contributed by atoms with Crippen molar-refractivity contribution in [1.82, 2.24) is 10.6 Å². The first-order valence-electron chi connectivity index (χ1n) is 6.13. The van der Waals surface area contributed by atoms with Crippen molar-refractivity contribution in [3.63, 3.8) is 0 Å². The van der Waals surface area contributed by atoms with Crippen LogP contribution in [0.15, 0.2) is 45.8 Å². The van der Waals surface area contributed by atoms with E-state index in [-0.39, 0.29) is 24.2 Å². The quantitative estimate of drug-likeness (QED) is 0.887. The molecule has 106 valence electrons. The Morgan fingerprint density at radius 1 is 1.24 bits per heavy atom. The summed E-state index contributed by atoms with van der Waals surface area (Å²) in [5, 5.41) is 5.51. The molecule has 0 atom stereocenters. The van der Waals surface area contributed by atoms with Gasteiger partial charge >= 0.3 is 0 Å². The zero-order valence-electron chi connectivity index (χ0n) is 10.7. The number of carbonyl (C=O) groups excluding carboxylic acids is 2. The number of carbonyl (C=O) groups is 2. The van der Waals surface area contributed by atoms with Crippen LogP contribution < -0.4 is 10.6 Å². The van der Waals surface area contributed by atoms with Gasteiger partial charge in [0.25, 0.3) is 5.91 Å². The van der Waals surface area contributed by atoms with Crippen LogP contribution >= 0.6 is 11.6 Å². The molecule has 2 aromatic rings. The number of benzene rings is 1. The van der Waals surface area contributed by atoms with Crippen molar-refractivity contribution >= 4 is 29.4 Å². The average Bonchev–Trinajstić information content (AvgIpc) is 3.09. The zero-order chi connectivity index (χ0) is 14.8. The summed E-state index contributed by atoms with van der Waals surface area (Å²) in [6.07, 6.45) is 0. The molecule has 21 heavy (non-hydrogen) atoms. The van der Waals surface area contributed by atoms with Crippen molar-refractivity contribution in [3.05, 3.63) is 47.2 Å². The van der Waals surface area contributed by atoms with Gasteiger partial charge in [-0.1, -0.05) is 11.6 Å². The van der Waals surface area contributed by atoms with Crippen LogP contribution in [0, 0.1) is 0 Å². The Bertz CT molecular complexity index is 734. The van der Waals surface area contributed by atoms with Gasteiger partial charge in [0.05, 0.1) is 0 Å². The van der Waals surface area contributed by atoms with E-state index in [1.165, 1.54) is 0 Å². The van der Waals surface area contributed by atoms with Crippen LogP contribution in [-0.4, -0.2) is 24.3 Å². The van der Waals surface area contributed by atoms with E-state index >= 15 is 0 Å². The molecule has 0 fully saturated rings. The summed E-state index contributed by atoms with van der Waals surface area (Å²) in [4.78, 5) is 26.7. The third-order valence-electron chi connectivity index (χ3n) is 2.83. The fraction of sp³-hybridized carbons (Fsp3) is 0.0714. The number of furan rings is 1. The molecule has 0 bridgehead atoms. The summed E-state index contributed by atoms with van der Waals surface area (Å²) >= 11 is 5.82. The van der Waals surface area contributed by atoms with Crippen LogP contribution in [0.5, 0.6) is 0 Å². The minimum absolute atomic E-state index is 0.0177. The SMILES string of the molecule is O=C1CN=C(NC(=O)c2ccc(-c3ccc(Cl)cc3)o2)N1. The van der Waals surface area contributed by atoms with Gasteiger partial charge in [-0.3, -0.25) is 20.2 Å². The van der Waals surface area contributed by atoms with E-state index in [2.05, 4.69) is 15.6 Å². The normalized spacial score (nSPS) is 13.8. The summed E-state index contributed by atoms with van der Waals surface area (Å²) in [7, 11) is 0. The number of rotatable bonds is 2. The van der Waals surface area contributed by atoms with Crippen LogP contribution in [0.1, 0.15) is 10.6 Å². The molecule has 1 aromatic carbocycles. The minimum atomic E-state index is -0.476. The summed E-state index contributed by atoms with van der Waals surface area (Å²) in [6.45, 7) is 0.0177. The van der Waals surface area contributed by atoms with Gasteiger partial charge < -0.3 is 4.42 Å². The van der Waals surface area contributed by atoms with E-state index in [0.29, 0.717) is 10.8 Å². The van der Waals surface area contributed by atoms with E-state index in [1.807, 2.05) is 0 Å².